The molecule has 0 saturated carbocycles. The number of carbonyl (C=O) groups excluding carboxylic acids is 1. The summed E-state index contributed by atoms with van der Waals surface area (Å²) in [6.45, 7) is 3.12. The zero-order valence-electron chi connectivity index (χ0n) is 10.7. The van der Waals surface area contributed by atoms with E-state index < -0.39 is 29.8 Å². The normalized spacial score (nSPS) is 13.4. The molecule has 5 nitrogen and oxygen atoms in total. The lowest BCUT2D eigenvalue weighted by Gasteiger charge is -2.17. The fraction of sp³-hybridized carbons (Fsp3) is 0.385. The number of hydrogen-bond donors (Lipinski definition) is 2. The minimum absolute atomic E-state index is 0.214. The maximum absolute atomic E-state index is 12.9. The minimum atomic E-state index is -1.10. The van der Waals surface area contributed by atoms with E-state index in [9.17, 15) is 14.0 Å². The number of hydrogen-bond acceptors (Lipinski definition) is 3. The second-order valence-electron chi connectivity index (χ2n) is 4.03. The predicted molar refractivity (Wildman–Crippen MR) is 66.3 cm³/mol. The molecule has 1 rings (SSSR count). The van der Waals surface area contributed by atoms with E-state index in [2.05, 4.69) is 5.32 Å². The standard InChI is InChI=1S/C13H16FNO4/c1-3-11(13(17)18)15-12(16)8(2)19-10-6-4-5-9(14)7-10/h4-8,11H,3H2,1-2H3,(H,15,16)(H,17,18)/t8?,11-/m1/s1. The van der Waals surface area contributed by atoms with Gasteiger partial charge in [-0.3, -0.25) is 4.79 Å². The van der Waals surface area contributed by atoms with Crippen LogP contribution in [0.2, 0.25) is 0 Å². The lowest BCUT2D eigenvalue weighted by Crippen LogP contribution is -2.45. The third kappa shape index (κ3) is 4.57. The number of carboxylic acid groups (broad SMARTS) is 1. The van der Waals surface area contributed by atoms with Gasteiger partial charge in [-0.2, -0.15) is 0 Å². The van der Waals surface area contributed by atoms with Crippen LogP contribution in [0.25, 0.3) is 0 Å². The highest BCUT2D eigenvalue weighted by Gasteiger charge is 2.22. The Kier molecular flexibility index (Phi) is 5.29. The SMILES string of the molecule is CC[C@@H](NC(=O)C(C)Oc1cccc(F)c1)C(=O)O. The van der Waals surface area contributed by atoms with Gasteiger partial charge in [-0.15, -0.1) is 0 Å². The van der Waals surface area contributed by atoms with Gasteiger partial charge < -0.3 is 15.2 Å². The summed E-state index contributed by atoms with van der Waals surface area (Å²) in [5, 5.41) is 11.2. The van der Waals surface area contributed by atoms with Crippen molar-refractivity contribution in [3.63, 3.8) is 0 Å². The molecule has 2 atom stereocenters. The molecule has 0 spiro atoms. The fourth-order valence-corrected chi connectivity index (χ4v) is 1.43. The molecule has 1 aromatic carbocycles. The molecule has 0 radical (unpaired) electrons. The quantitative estimate of drug-likeness (QED) is 0.822. The molecule has 0 bridgehead atoms. The van der Waals surface area contributed by atoms with Crippen LogP contribution in [0.15, 0.2) is 24.3 Å². The van der Waals surface area contributed by atoms with Crippen LogP contribution >= 0.6 is 0 Å². The lowest BCUT2D eigenvalue weighted by molar-refractivity contribution is -0.143. The molecule has 1 unspecified atom stereocenters. The van der Waals surface area contributed by atoms with E-state index in [1.165, 1.54) is 25.1 Å². The molecule has 6 heteroatoms. The fourth-order valence-electron chi connectivity index (χ4n) is 1.43. The maximum Gasteiger partial charge on any atom is 0.326 e. The van der Waals surface area contributed by atoms with E-state index >= 15 is 0 Å². The van der Waals surface area contributed by atoms with Crippen LogP contribution in [0.3, 0.4) is 0 Å². The van der Waals surface area contributed by atoms with Gasteiger partial charge in [0.25, 0.3) is 5.91 Å². The molecule has 104 valence electrons. The summed E-state index contributed by atoms with van der Waals surface area (Å²) in [5.41, 5.74) is 0. The Morgan fingerprint density at radius 2 is 2.16 bits per heavy atom. The summed E-state index contributed by atoms with van der Waals surface area (Å²) < 4.78 is 18.2. The van der Waals surface area contributed by atoms with Crippen molar-refractivity contribution in [1.29, 1.82) is 0 Å². The van der Waals surface area contributed by atoms with Crippen LogP contribution in [0.4, 0.5) is 4.39 Å². The van der Waals surface area contributed by atoms with Crippen molar-refractivity contribution in [2.24, 2.45) is 0 Å². The van der Waals surface area contributed by atoms with E-state index in [4.69, 9.17) is 9.84 Å². The van der Waals surface area contributed by atoms with Crippen LogP contribution in [0, 0.1) is 5.82 Å². The average molecular weight is 269 g/mol. The summed E-state index contributed by atoms with van der Waals surface area (Å²) in [4.78, 5) is 22.5. The number of ether oxygens (including phenoxy) is 1. The number of benzene rings is 1. The van der Waals surface area contributed by atoms with E-state index in [-0.39, 0.29) is 12.2 Å². The van der Waals surface area contributed by atoms with Crippen molar-refractivity contribution in [3.8, 4) is 5.75 Å². The van der Waals surface area contributed by atoms with E-state index in [0.717, 1.165) is 6.07 Å². The largest absolute Gasteiger partial charge is 0.481 e. The summed E-state index contributed by atoms with van der Waals surface area (Å²) in [5.74, 6) is -1.92. The highest BCUT2D eigenvalue weighted by Crippen LogP contribution is 2.13. The van der Waals surface area contributed by atoms with Gasteiger partial charge in [-0.25, -0.2) is 9.18 Å². The molecule has 0 heterocycles. The minimum Gasteiger partial charge on any atom is -0.481 e. The second kappa shape index (κ2) is 6.72. The van der Waals surface area contributed by atoms with Crippen molar-refractivity contribution in [2.75, 3.05) is 0 Å². The van der Waals surface area contributed by atoms with Crippen LogP contribution in [-0.2, 0) is 9.59 Å². The molecule has 1 aromatic rings. The highest BCUT2D eigenvalue weighted by atomic mass is 19.1. The summed E-state index contributed by atoms with van der Waals surface area (Å²) in [7, 11) is 0. The summed E-state index contributed by atoms with van der Waals surface area (Å²) >= 11 is 0. The Bertz CT molecular complexity index is 464. The summed E-state index contributed by atoms with van der Waals surface area (Å²) in [6.07, 6.45) is -0.636. The molecule has 0 aliphatic carbocycles. The molecular formula is C13H16FNO4. The van der Waals surface area contributed by atoms with E-state index in [1.54, 1.807) is 6.92 Å². The first-order chi connectivity index (χ1) is 8.93. The molecule has 0 fully saturated rings. The highest BCUT2D eigenvalue weighted by molar-refractivity contribution is 5.86. The lowest BCUT2D eigenvalue weighted by atomic mass is 10.2. The van der Waals surface area contributed by atoms with Gasteiger partial charge in [0.1, 0.15) is 17.6 Å². The molecule has 2 N–H and O–H groups in total. The zero-order valence-corrected chi connectivity index (χ0v) is 10.7. The number of aliphatic carboxylic acids is 1. The Balaban J connectivity index is 2.60. The Labute approximate surface area is 110 Å². The molecule has 1 amide bonds. The van der Waals surface area contributed by atoms with Crippen molar-refractivity contribution in [1.82, 2.24) is 5.32 Å². The van der Waals surface area contributed by atoms with Crippen molar-refractivity contribution >= 4 is 11.9 Å². The van der Waals surface area contributed by atoms with Gasteiger partial charge in [-0.1, -0.05) is 13.0 Å². The van der Waals surface area contributed by atoms with E-state index in [1.807, 2.05) is 0 Å². The molecule has 0 aromatic heterocycles. The van der Waals surface area contributed by atoms with Crippen LogP contribution < -0.4 is 10.1 Å². The zero-order chi connectivity index (χ0) is 14.4. The van der Waals surface area contributed by atoms with Crippen LogP contribution in [-0.4, -0.2) is 29.1 Å². The smallest absolute Gasteiger partial charge is 0.326 e. The van der Waals surface area contributed by atoms with Crippen molar-refractivity contribution in [3.05, 3.63) is 30.1 Å². The Morgan fingerprint density at radius 3 is 2.68 bits per heavy atom. The first-order valence-corrected chi connectivity index (χ1v) is 5.89. The number of nitrogens with one attached hydrogen (secondary N) is 1. The number of carboxylic acids is 1. The topological polar surface area (TPSA) is 75.6 Å². The number of amides is 1. The third-order valence-electron chi connectivity index (χ3n) is 2.50. The van der Waals surface area contributed by atoms with Crippen LogP contribution in [0.5, 0.6) is 5.75 Å². The van der Waals surface area contributed by atoms with Gasteiger partial charge in [0.2, 0.25) is 0 Å². The van der Waals surface area contributed by atoms with Gasteiger partial charge in [0.05, 0.1) is 0 Å². The predicted octanol–water partition coefficient (Wildman–Crippen LogP) is 1.57. The van der Waals surface area contributed by atoms with Gasteiger partial charge in [0.15, 0.2) is 6.10 Å². The molecule has 0 saturated heterocycles. The number of halogens is 1. The van der Waals surface area contributed by atoms with Crippen molar-refractivity contribution < 1.29 is 23.8 Å². The van der Waals surface area contributed by atoms with Gasteiger partial charge in [-0.05, 0) is 25.5 Å². The maximum atomic E-state index is 12.9. The monoisotopic (exact) mass is 269 g/mol. The Morgan fingerprint density at radius 1 is 1.47 bits per heavy atom. The summed E-state index contributed by atoms with van der Waals surface area (Å²) in [6, 6.07) is 4.43. The van der Waals surface area contributed by atoms with Crippen LogP contribution in [0.1, 0.15) is 20.3 Å². The van der Waals surface area contributed by atoms with Gasteiger partial charge >= 0.3 is 5.97 Å². The number of rotatable bonds is 6. The van der Waals surface area contributed by atoms with Crippen molar-refractivity contribution in [2.45, 2.75) is 32.4 Å². The van der Waals surface area contributed by atoms with Gasteiger partial charge in [0, 0.05) is 6.07 Å². The molecule has 0 aliphatic rings. The average Bonchev–Trinajstić information content (AvgIpc) is 2.35. The Hall–Kier alpha value is -2.11. The molecular weight excluding hydrogens is 253 g/mol. The molecule has 0 aliphatic heterocycles. The number of carbonyl (C=O) groups is 2. The van der Waals surface area contributed by atoms with E-state index in [0.29, 0.717) is 0 Å². The molecule has 19 heavy (non-hydrogen) atoms. The first kappa shape index (κ1) is 14.9. The first-order valence-electron chi connectivity index (χ1n) is 5.89. The third-order valence-corrected chi connectivity index (χ3v) is 2.50. The second-order valence-corrected chi connectivity index (χ2v) is 4.03.